The van der Waals surface area contributed by atoms with Gasteiger partial charge < -0.3 is 10.4 Å². The summed E-state index contributed by atoms with van der Waals surface area (Å²) in [4.78, 5) is 24.4. The number of carboxylic acids is 1. The van der Waals surface area contributed by atoms with E-state index in [1.54, 1.807) is 0 Å². The molecule has 1 heterocycles. The van der Waals surface area contributed by atoms with Gasteiger partial charge in [0.05, 0.1) is 12.2 Å². The van der Waals surface area contributed by atoms with Crippen LogP contribution >= 0.6 is 0 Å². The normalized spacial score (nSPS) is 18.9. The molecular weight excluding hydrogens is 232 g/mol. The summed E-state index contributed by atoms with van der Waals surface area (Å²) in [5, 5.41) is 11.8. The van der Waals surface area contributed by atoms with Gasteiger partial charge in [0.2, 0.25) is 0 Å². The van der Waals surface area contributed by atoms with Crippen molar-refractivity contribution in [3.63, 3.8) is 0 Å². The maximum Gasteiger partial charge on any atom is 0.328 e. The fourth-order valence-electron chi connectivity index (χ4n) is 2.31. The highest BCUT2D eigenvalue weighted by atomic mass is 16.4. The van der Waals surface area contributed by atoms with Gasteiger partial charge in [-0.15, -0.1) is 0 Å². The van der Waals surface area contributed by atoms with E-state index in [0.29, 0.717) is 0 Å². The number of carbonyl (C=O) groups is 2. The van der Waals surface area contributed by atoms with Crippen LogP contribution in [-0.4, -0.2) is 29.7 Å². The van der Waals surface area contributed by atoms with Crippen molar-refractivity contribution in [2.24, 2.45) is 0 Å². The molecule has 5 heteroatoms. The van der Waals surface area contributed by atoms with E-state index in [1.807, 2.05) is 32.0 Å². The molecule has 0 bridgehead atoms. The van der Waals surface area contributed by atoms with Crippen molar-refractivity contribution in [2.75, 3.05) is 11.4 Å². The largest absolute Gasteiger partial charge is 0.480 e. The summed E-state index contributed by atoms with van der Waals surface area (Å²) in [6, 6.07) is 4.56. The van der Waals surface area contributed by atoms with Crippen molar-refractivity contribution in [1.82, 2.24) is 5.32 Å². The van der Waals surface area contributed by atoms with Crippen molar-refractivity contribution in [1.29, 1.82) is 0 Å². The number of hydrogen-bond acceptors (Lipinski definition) is 2. The second kappa shape index (κ2) is 4.68. The van der Waals surface area contributed by atoms with Crippen molar-refractivity contribution in [2.45, 2.75) is 26.3 Å². The number of para-hydroxylation sites is 1. The van der Waals surface area contributed by atoms with Crippen LogP contribution in [0.5, 0.6) is 0 Å². The first-order valence-corrected chi connectivity index (χ1v) is 5.94. The Labute approximate surface area is 105 Å². The van der Waals surface area contributed by atoms with E-state index in [-0.39, 0.29) is 12.6 Å². The van der Waals surface area contributed by atoms with E-state index in [1.165, 1.54) is 4.90 Å². The van der Waals surface area contributed by atoms with Crippen molar-refractivity contribution < 1.29 is 14.7 Å². The van der Waals surface area contributed by atoms with E-state index in [2.05, 4.69) is 5.32 Å². The number of anilines is 1. The molecule has 5 nitrogen and oxygen atoms in total. The summed E-state index contributed by atoms with van der Waals surface area (Å²) in [5.74, 6) is -0.987. The highest BCUT2D eigenvalue weighted by Crippen LogP contribution is 2.29. The van der Waals surface area contributed by atoms with Gasteiger partial charge in [-0.2, -0.15) is 0 Å². The Kier molecular flexibility index (Phi) is 3.23. The van der Waals surface area contributed by atoms with Gasteiger partial charge in [-0.3, -0.25) is 4.90 Å². The summed E-state index contributed by atoms with van der Waals surface area (Å²) in [5.41, 5.74) is 2.62. The number of aliphatic carboxylic acids is 1. The predicted octanol–water partition coefficient (Wildman–Crippen LogP) is 1.54. The van der Waals surface area contributed by atoms with E-state index >= 15 is 0 Å². The molecule has 2 N–H and O–H groups in total. The predicted molar refractivity (Wildman–Crippen MR) is 67.9 cm³/mol. The Bertz CT molecular complexity index is 499. The lowest BCUT2D eigenvalue weighted by molar-refractivity contribution is -0.137. The Morgan fingerprint density at radius 3 is 2.89 bits per heavy atom. The van der Waals surface area contributed by atoms with Crippen molar-refractivity contribution in [3.8, 4) is 0 Å². The number of urea groups is 1. The number of benzene rings is 1. The van der Waals surface area contributed by atoms with E-state index in [9.17, 15) is 14.7 Å². The minimum absolute atomic E-state index is 0.144. The molecule has 1 atom stereocenters. The average Bonchev–Trinajstić information content (AvgIpc) is 2.71. The molecule has 1 saturated heterocycles. The number of nitrogens with one attached hydrogen (secondary N) is 1. The van der Waals surface area contributed by atoms with Crippen LogP contribution in [0, 0.1) is 6.92 Å². The molecule has 18 heavy (non-hydrogen) atoms. The number of hydrogen-bond donors (Lipinski definition) is 2. The molecule has 1 unspecified atom stereocenters. The lowest BCUT2D eigenvalue weighted by Crippen LogP contribution is -2.40. The van der Waals surface area contributed by atoms with Gasteiger partial charge in [0.15, 0.2) is 6.04 Å². The van der Waals surface area contributed by atoms with Crippen molar-refractivity contribution in [3.05, 3.63) is 29.3 Å². The molecule has 0 aromatic heterocycles. The number of carbonyl (C=O) groups excluding carboxylic acids is 1. The molecule has 1 aromatic rings. The summed E-state index contributed by atoms with van der Waals surface area (Å²) in [6.07, 6.45) is 0.757. The van der Waals surface area contributed by atoms with Gasteiger partial charge in [0, 0.05) is 0 Å². The maximum atomic E-state index is 11.9. The molecule has 0 saturated carbocycles. The van der Waals surface area contributed by atoms with Gasteiger partial charge in [-0.25, -0.2) is 9.59 Å². The third kappa shape index (κ3) is 1.92. The minimum Gasteiger partial charge on any atom is -0.480 e. The van der Waals surface area contributed by atoms with Crippen molar-refractivity contribution >= 4 is 17.7 Å². The van der Waals surface area contributed by atoms with Gasteiger partial charge in [-0.05, 0) is 24.5 Å². The second-order valence-corrected chi connectivity index (χ2v) is 4.35. The number of amides is 2. The fraction of sp³-hybridized carbons (Fsp3) is 0.385. The first-order valence-electron chi connectivity index (χ1n) is 5.94. The number of aryl methyl sites for hydroxylation is 2. The molecule has 0 radical (unpaired) electrons. The Morgan fingerprint density at radius 2 is 2.28 bits per heavy atom. The van der Waals surface area contributed by atoms with Crippen LogP contribution in [-0.2, 0) is 11.2 Å². The molecule has 96 valence electrons. The molecule has 1 fully saturated rings. The monoisotopic (exact) mass is 248 g/mol. The van der Waals surface area contributed by atoms with E-state index < -0.39 is 12.0 Å². The molecule has 2 amide bonds. The van der Waals surface area contributed by atoms with Crippen LogP contribution in [0.4, 0.5) is 10.5 Å². The Balaban J connectivity index is 2.52. The molecule has 1 aliphatic rings. The highest BCUT2D eigenvalue weighted by Gasteiger charge is 2.38. The summed E-state index contributed by atoms with van der Waals surface area (Å²) in [7, 11) is 0. The second-order valence-electron chi connectivity index (χ2n) is 4.35. The molecule has 1 aliphatic heterocycles. The first-order chi connectivity index (χ1) is 8.56. The van der Waals surface area contributed by atoms with Crippen LogP contribution in [0.3, 0.4) is 0 Å². The number of carboxylic acid groups (broad SMARTS) is 1. The topological polar surface area (TPSA) is 69.6 Å². The van der Waals surface area contributed by atoms with Gasteiger partial charge in [0.1, 0.15) is 0 Å². The van der Waals surface area contributed by atoms with E-state index in [4.69, 9.17) is 0 Å². The van der Waals surface area contributed by atoms with Gasteiger partial charge in [-0.1, -0.05) is 25.1 Å². The Morgan fingerprint density at radius 1 is 1.56 bits per heavy atom. The third-order valence-electron chi connectivity index (χ3n) is 3.21. The van der Waals surface area contributed by atoms with E-state index in [0.717, 1.165) is 23.2 Å². The highest BCUT2D eigenvalue weighted by molar-refractivity contribution is 6.02. The Hall–Kier alpha value is -2.04. The molecule has 0 spiro atoms. The van der Waals surface area contributed by atoms with Crippen LogP contribution in [0.2, 0.25) is 0 Å². The quantitative estimate of drug-likeness (QED) is 0.852. The fourth-order valence-corrected chi connectivity index (χ4v) is 2.31. The zero-order valence-corrected chi connectivity index (χ0v) is 10.4. The summed E-state index contributed by atoms with van der Waals surface area (Å²) < 4.78 is 0. The molecular formula is C13H16N2O3. The van der Waals surface area contributed by atoms with Gasteiger partial charge in [0.25, 0.3) is 0 Å². The lowest BCUT2D eigenvalue weighted by atomic mass is 10.0. The minimum atomic E-state index is -0.987. The smallest absolute Gasteiger partial charge is 0.328 e. The number of nitrogens with zero attached hydrogens (tertiary/aromatic N) is 1. The summed E-state index contributed by atoms with van der Waals surface area (Å²) >= 11 is 0. The zero-order chi connectivity index (χ0) is 13.3. The van der Waals surface area contributed by atoms with Crippen LogP contribution < -0.4 is 10.2 Å². The maximum absolute atomic E-state index is 11.9. The SMILES string of the molecule is CCc1cccc(C)c1N1C(=O)NCC1C(=O)O. The molecule has 0 aliphatic carbocycles. The molecule has 1 aromatic carbocycles. The zero-order valence-electron chi connectivity index (χ0n) is 10.4. The van der Waals surface area contributed by atoms with Crippen LogP contribution in [0.25, 0.3) is 0 Å². The first kappa shape index (κ1) is 12.4. The third-order valence-corrected chi connectivity index (χ3v) is 3.21. The standard InChI is InChI=1S/C13H16N2O3/c1-3-9-6-4-5-8(2)11(9)15-10(12(16)17)7-14-13(15)18/h4-6,10H,3,7H2,1-2H3,(H,14,18)(H,16,17). The van der Waals surface area contributed by atoms with Crippen LogP contribution in [0.15, 0.2) is 18.2 Å². The average molecular weight is 248 g/mol. The van der Waals surface area contributed by atoms with Crippen LogP contribution in [0.1, 0.15) is 18.1 Å². The summed E-state index contributed by atoms with van der Waals surface area (Å²) in [6.45, 7) is 4.02. The lowest BCUT2D eigenvalue weighted by Gasteiger charge is -2.24. The number of rotatable bonds is 3. The molecule has 2 rings (SSSR count). The van der Waals surface area contributed by atoms with Gasteiger partial charge >= 0.3 is 12.0 Å².